The summed E-state index contributed by atoms with van der Waals surface area (Å²) in [4.78, 5) is 11.7. The molecule has 96 valence electrons. The van der Waals surface area contributed by atoms with E-state index in [0.29, 0.717) is 6.54 Å². The Hall–Kier alpha value is -1.77. The summed E-state index contributed by atoms with van der Waals surface area (Å²) in [5.41, 5.74) is 0.558. The summed E-state index contributed by atoms with van der Waals surface area (Å²) < 4.78 is 5.68. The fraction of sp³-hybridized carbons (Fsp3) is 0.400. The van der Waals surface area contributed by atoms with Gasteiger partial charge in [-0.3, -0.25) is 4.79 Å². The Morgan fingerprint density at radius 1 is 1.28 bits per heavy atom. The minimum Gasteiger partial charge on any atom is -0.461 e. The zero-order valence-corrected chi connectivity index (χ0v) is 11.1. The number of furan rings is 1. The molecular formula is C15H19NO2. The third-order valence-corrected chi connectivity index (χ3v) is 2.81. The average Bonchev–Trinajstić information content (AvgIpc) is 2.70. The van der Waals surface area contributed by atoms with Crippen LogP contribution >= 0.6 is 0 Å². The molecule has 1 N–H and O–H groups in total. The third kappa shape index (κ3) is 2.92. The Labute approximate surface area is 107 Å². The summed E-state index contributed by atoms with van der Waals surface area (Å²) in [5, 5.41) is 4.02. The maximum atomic E-state index is 11.7. The van der Waals surface area contributed by atoms with Crippen molar-refractivity contribution >= 4 is 16.9 Å². The molecule has 0 fully saturated rings. The molecule has 0 radical (unpaired) electrons. The summed E-state index contributed by atoms with van der Waals surface area (Å²) >= 11 is 0. The van der Waals surface area contributed by atoms with Crippen molar-refractivity contribution in [1.82, 2.24) is 5.32 Å². The van der Waals surface area contributed by atoms with Gasteiger partial charge in [0.2, 0.25) is 5.91 Å². The molecule has 0 aliphatic heterocycles. The van der Waals surface area contributed by atoms with Gasteiger partial charge in [0.05, 0.1) is 0 Å². The van der Waals surface area contributed by atoms with Crippen molar-refractivity contribution in [3.8, 4) is 0 Å². The molecule has 2 aromatic rings. The van der Waals surface area contributed by atoms with E-state index in [9.17, 15) is 4.79 Å². The van der Waals surface area contributed by atoms with E-state index in [1.807, 2.05) is 51.1 Å². The van der Waals surface area contributed by atoms with Gasteiger partial charge in [-0.1, -0.05) is 39.0 Å². The van der Waals surface area contributed by atoms with Crippen molar-refractivity contribution in [2.75, 3.05) is 6.54 Å². The van der Waals surface area contributed by atoms with Gasteiger partial charge < -0.3 is 9.73 Å². The molecule has 3 nitrogen and oxygen atoms in total. The number of carbonyl (C=O) groups excluding carboxylic acids is 1. The monoisotopic (exact) mass is 245 g/mol. The van der Waals surface area contributed by atoms with Crippen molar-refractivity contribution in [2.45, 2.75) is 27.2 Å². The smallest absolute Gasteiger partial charge is 0.225 e. The van der Waals surface area contributed by atoms with Crippen molar-refractivity contribution in [1.29, 1.82) is 0 Å². The Morgan fingerprint density at radius 3 is 2.67 bits per heavy atom. The Bertz CT molecular complexity index is 516. The van der Waals surface area contributed by atoms with E-state index >= 15 is 0 Å². The minimum atomic E-state index is -0.339. The van der Waals surface area contributed by atoms with Crippen LogP contribution in [0, 0.1) is 5.41 Å². The Balaban J connectivity index is 1.93. The number of rotatable bonds is 3. The molecule has 1 aromatic carbocycles. The van der Waals surface area contributed by atoms with E-state index in [4.69, 9.17) is 4.42 Å². The second-order valence-corrected chi connectivity index (χ2v) is 5.51. The van der Waals surface area contributed by atoms with Crippen LogP contribution in [0.3, 0.4) is 0 Å². The molecule has 3 heteroatoms. The van der Waals surface area contributed by atoms with E-state index in [1.54, 1.807) is 0 Å². The maximum absolute atomic E-state index is 11.7. The van der Waals surface area contributed by atoms with Crippen molar-refractivity contribution in [3.05, 3.63) is 36.1 Å². The lowest BCUT2D eigenvalue weighted by atomic mass is 9.96. The van der Waals surface area contributed by atoms with Crippen LogP contribution in [0.15, 0.2) is 34.7 Å². The number of amides is 1. The molecule has 0 atom stereocenters. The first-order valence-electron chi connectivity index (χ1n) is 6.22. The fourth-order valence-electron chi connectivity index (χ4n) is 1.72. The zero-order valence-electron chi connectivity index (χ0n) is 11.1. The molecule has 0 aliphatic rings. The average molecular weight is 245 g/mol. The third-order valence-electron chi connectivity index (χ3n) is 2.81. The van der Waals surface area contributed by atoms with Gasteiger partial charge >= 0.3 is 0 Å². The predicted octanol–water partition coefficient (Wildman–Crippen LogP) is 3.14. The van der Waals surface area contributed by atoms with Crippen molar-refractivity contribution in [3.63, 3.8) is 0 Å². The van der Waals surface area contributed by atoms with Gasteiger partial charge in [-0.25, -0.2) is 0 Å². The molecule has 0 unspecified atom stereocenters. The lowest BCUT2D eigenvalue weighted by Crippen LogP contribution is -2.35. The normalized spacial score (nSPS) is 11.7. The highest BCUT2D eigenvalue weighted by molar-refractivity contribution is 5.81. The van der Waals surface area contributed by atoms with Gasteiger partial charge in [0.25, 0.3) is 0 Å². The largest absolute Gasteiger partial charge is 0.461 e. The number of hydrogen-bond donors (Lipinski definition) is 1. The fourth-order valence-corrected chi connectivity index (χ4v) is 1.72. The van der Waals surface area contributed by atoms with Crippen LogP contribution < -0.4 is 5.32 Å². The molecule has 18 heavy (non-hydrogen) atoms. The number of para-hydroxylation sites is 1. The highest BCUT2D eigenvalue weighted by Crippen LogP contribution is 2.19. The molecule has 2 rings (SSSR count). The van der Waals surface area contributed by atoms with Crippen LogP contribution in [0.2, 0.25) is 0 Å². The van der Waals surface area contributed by atoms with E-state index in [0.717, 1.165) is 23.2 Å². The van der Waals surface area contributed by atoms with Gasteiger partial charge in [-0.2, -0.15) is 0 Å². The molecule has 0 saturated heterocycles. The number of fused-ring (bicyclic) bond motifs is 1. The van der Waals surface area contributed by atoms with Crippen molar-refractivity contribution in [2.24, 2.45) is 5.41 Å². The second kappa shape index (κ2) is 4.84. The van der Waals surface area contributed by atoms with Crippen molar-refractivity contribution < 1.29 is 9.21 Å². The first-order valence-corrected chi connectivity index (χ1v) is 6.22. The van der Waals surface area contributed by atoms with Crippen LogP contribution in [0.5, 0.6) is 0 Å². The zero-order chi connectivity index (χ0) is 13.2. The highest BCUT2D eigenvalue weighted by Gasteiger charge is 2.20. The topological polar surface area (TPSA) is 42.2 Å². The first kappa shape index (κ1) is 12.7. The van der Waals surface area contributed by atoms with E-state index in [2.05, 4.69) is 5.32 Å². The molecule has 1 amide bonds. The van der Waals surface area contributed by atoms with Gasteiger partial charge in [-0.05, 0) is 12.1 Å². The summed E-state index contributed by atoms with van der Waals surface area (Å²) in [5.74, 6) is 0.976. The first-order chi connectivity index (χ1) is 8.47. The van der Waals surface area contributed by atoms with Crippen LogP contribution in [-0.2, 0) is 11.2 Å². The number of hydrogen-bond acceptors (Lipinski definition) is 2. The lowest BCUT2D eigenvalue weighted by molar-refractivity contribution is -0.128. The minimum absolute atomic E-state index is 0.0682. The summed E-state index contributed by atoms with van der Waals surface area (Å²) in [6, 6.07) is 9.95. The van der Waals surface area contributed by atoms with Crippen LogP contribution in [0.25, 0.3) is 11.0 Å². The summed E-state index contributed by atoms with van der Waals surface area (Å²) in [7, 11) is 0. The molecule has 1 heterocycles. The van der Waals surface area contributed by atoms with Crippen LogP contribution in [0.4, 0.5) is 0 Å². The molecule has 0 spiro atoms. The quantitative estimate of drug-likeness (QED) is 0.902. The highest BCUT2D eigenvalue weighted by atomic mass is 16.3. The maximum Gasteiger partial charge on any atom is 0.225 e. The second-order valence-electron chi connectivity index (χ2n) is 5.51. The van der Waals surface area contributed by atoms with Gasteiger partial charge in [0.15, 0.2) is 0 Å². The van der Waals surface area contributed by atoms with Crippen LogP contribution in [-0.4, -0.2) is 12.5 Å². The van der Waals surface area contributed by atoms with Gasteiger partial charge in [-0.15, -0.1) is 0 Å². The lowest BCUT2D eigenvalue weighted by Gasteiger charge is -2.17. The van der Waals surface area contributed by atoms with E-state index < -0.39 is 0 Å². The molecule has 0 aliphatic carbocycles. The van der Waals surface area contributed by atoms with E-state index in [1.165, 1.54) is 0 Å². The molecular weight excluding hydrogens is 226 g/mol. The predicted molar refractivity (Wildman–Crippen MR) is 72.4 cm³/mol. The number of benzene rings is 1. The van der Waals surface area contributed by atoms with Gasteiger partial charge in [0, 0.05) is 23.8 Å². The van der Waals surface area contributed by atoms with Gasteiger partial charge in [0.1, 0.15) is 11.3 Å². The Morgan fingerprint density at radius 2 is 2.00 bits per heavy atom. The standard InChI is InChI=1S/C15H19NO2/c1-15(2,3)14(17)16-9-8-12-10-11-6-4-5-7-13(11)18-12/h4-7,10H,8-9H2,1-3H3,(H,16,17). The molecule has 0 saturated carbocycles. The molecule has 1 aromatic heterocycles. The number of nitrogens with one attached hydrogen (secondary N) is 1. The SMILES string of the molecule is CC(C)(C)C(=O)NCCc1cc2ccccc2o1. The van der Waals surface area contributed by atoms with Crippen LogP contribution in [0.1, 0.15) is 26.5 Å². The Kier molecular flexibility index (Phi) is 3.41. The van der Waals surface area contributed by atoms with E-state index in [-0.39, 0.29) is 11.3 Å². The number of carbonyl (C=O) groups is 1. The summed E-state index contributed by atoms with van der Waals surface area (Å²) in [6.45, 7) is 6.33. The molecule has 0 bridgehead atoms. The summed E-state index contributed by atoms with van der Waals surface area (Å²) in [6.07, 6.45) is 0.719.